The molecule has 2 aromatic carbocycles. The van der Waals surface area contributed by atoms with E-state index in [4.69, 9.17) is 0 Å². The van der Waals surface area contributed by atoms with Crippen LogP contribution in [0.3, 0.4) is 0 Å². The van der Waals surface area contributed by atoms with Crippen LogP contribution in [-0.4, -0.2) is 0 Å². The van der Waals surface area contributed by atoms with Gasteiger partial charge in [0.15, 0.2) is 0 Å². The summed E-state index contributed by atoms with van der Waals surface area (Å²) in [7, 11) is 0. The zero-order valence-corrected chi connectivity index (χ0v) is 12.0. The third-order valence-electron chi connectivity index (χ3n) is 3.02. The molecule has 2 aromatic rings. The average molecular weight is 241 g/mol. The minimum atomic E-state index is 1.18. The number of para-hydroxylation sites is 1. The van der Waals surface area contributed by atoms with Crippen molar-refractivity contribution in [1.82, 2.24) is 0 Å². The molecule has 0 amide bonds. The first kappa shape index (κ1) is 14.3. The highest BCUT2D eigenvalue weighted by Crippen LogP contribution is 2.24. The zero-order valence-electron chi connectivity index (χ0n) is 12.0. The second-order valence-electron chi connectivity index (χ2n) is 4.19. The van der Waals surface area contributed by atoms with E-state index in [2.05, 4.69) is 68.6 Å². The fourth-order valence-corrected chi connectivity index (χ4v) is 1.74. The van der Waals surface area contributed by atoms with Crippen molar-refractivity contribution in [3.05, 3.63) is 59.2 Å². The number of nitrogens with one attached hydrogen (secondary N) is 1. The van der Waals surface area contributed by atoms with Gasteiger partial charge in [-0.15, -0.1) is 0 Å². The van der Waals surface area contributed by atoms with Crippen molar-refractivity contribution < 1.29 is 0 Å². The Morgan fingerprint density at radius 2 is 1.22 bits per heavy atom. The van der Waals surface area contributed by atoms with E-state index in [9.17, 15) is 0 Å². The first-order valence-corrected chi connectivity index (χ1v) is 6.57. The monoisotopic (exact) mass is 241 g/mol. The molecule has 0 fully saturated rings. The number of anilines is 2. The lowest BCUT2D eigenvalue weighted by atomic mass is 10.1. The smallest absolute Gasteiger partial charge is 0.0416 e. The largest absolute Gasteiger partial charge is 0.355 e. The van der Waals surface area contributed by atoms with Crippen LogP contribution in [0.25, 0.3) is 0 Å². The van der Waals surface area contributed by atoms with Gasteiger partial charge in [0.05, 0.1) is 0 Å². The Morgan fingerprint density at radius 1 is 0.667 bits per heavy atom. The molecular formula is C17H23N. The Kier molecular flexibility index (Phi) is 5.44. The molecule has 0 saturated carbocycles. The van der Waals surface area contributed by atoms with Crippen molar-refractivity contribution in [2.75, 3.05) is 5.32 Å². The minimum Gasteiger partial charge on any atom is -0.355 e. The Hall–Kier alpha value is -1.76. The minimum absolute atomic E-state index is 1.18. The molecule has 0 heterocycles. The summed E-state index contributed by atoms with van der Waals surface area (Å²) in [4.78, 5) is 0. The van der Waals surface area contributed by atoms with Gasteiger partial charge in [-0.2, -0.15) is 0 Å². The highest BCUT2D eigenvalue weighted by molar-refractivity contribution is 5.66. The number of hydrogen-bond donors (Lipinski definition) is 1. The van der Waals surface area contributed by atoms with Gasteiger partial charge in [-0.05, 0) is 49.6 Å². The van der Waals surface area contributed by atoms with Crippen molar-refractivity contribution in [2.24, 2.45) is 0 Å². The normalized spacial score (nSPS) is 9.39. The van der Waals surface area contributed by atoms with Gasteiger partial charge in [0, 0.05) is 11.4 Å². The van der Waals surface area contributed by atoms with Gasteiger partial charge in [0.25, 0.3) is 0 Å². The molecule has 0 aliphatic carbocycles. The van der Waals surface area contributed by atoms with Gasteiger partial charge in [0.1, 0.15) is 0 Å². The third-order valence-corrected chi connectivity index (χ3v) is 3.02. The van der Waals surface area contributed by atoms with E-state index in [-0.39, 0.29) is 0 Å². The van der Waals surface area contributed by atoms with E-state index in [1.807, 2.05) is 13.8 Å². The van der Waals surface area contributed by atoms with Crippen LogP contribution in [0.5, 0.6) is 0 Å². The van der Waals surface area contributed by atoms with Crippen LogP contribution in [0.4, 0.5) is 11.4 Å². The van der Waals surface area contributed by atoms with Crippen molar-refractivity contribution >= 4 is 11.4 Å². The molecule has 1 N–H and O–H groups in total. The highest BCUT2D eigenvalue weighted by atomic mass is 14.9. The molecule has 18 heavy (non-hydrogen) atoms. The van der Waals surface area contributed by atoms with Crippen LogP contribution >= 0.6 is 0 Å². The van der Waals surface area contributed by atoms with Crippen molar-refractivity contribution in [1.29, 1.82) is 0 Å². The van der Waals surface area contributed by atoms with Crippen LogP contribution in [-0.2, 0) is 0 Å². The summed E-state index contributed by atoms with van der Waals surface area (Å²) >= 11 is 0. The quantitative estimate of drug-likeness (QED) is 0.744. The van der Waals surface area contributed by atoms with E-state index < -0.39 is 0 Å². The lowest BCUT2D eigenvalue weighted by Gasteiger charge is -2.13. The number of aryl methyl sites for hydroxylation is 2. The summed E-state index contributed by atoms with van der Waals surface area (Å²) in [5.41, 5.74) is 6.26. The maximum atomic E-state index is 3.48. The van der Waals surface area contributed by atoms with Gasteiger partial charge >= 0.3 is 0 Å². The first-order valence-electron chi connectivity index (χ1n) is 6.57. The fraction of sp³-hybridized carbons (Fsp3) is 0.294. The lowest BCUT2D eigenvalue weighted by molar-refractivity contribution is 1.32. The fourth-order valence-electron chi connectivity index (χ4n) is 1.74. The van der Waals surface area contributed by atoms with Gasteiger partial charge in [-0.3, -0.25) is 0 Å². The summed E-state index contributed by atoms with van der Waals surface area (Å²) < 4.78 is 0. The highest BCUT2D eigenvalue weighted by Gasteiger charge is 2.02. The third kappa shape index (κ3) is 3.36. The van der Waals surface area contributed by atoms with Crippen molar-refractivity contribution in [3.63, 3.8) is 0 Å². The molecule has 0 atom stereocenters. The van der Waals surface area contributed by atoms with Crippen LogP contribution < -0.4 is 5.32 Å². The Bertz CT molecular complexity index is 501. The van der Waals surface area contributed by atoms with Crippen LogP contribution in [0, 0.1) is 20.8 Å². The molecule has 0 aliphatic rings. The number of rotatable bonds is 2. The van der Waals surface area contributed by atoms with Crippen LogP contribution in [0.15, 0.2) is 42.5 Å². The SMILES string of the molecule is CC.Cc1ccccc1Nc1cccc(C)c1C. The first-order chi connectivity index (χ1) is 8.68. The van der Waals surface area contributed by atoms with E-state index in [0.29, 0.717) is 0 Å². The summed E-state index contributed by atoms with van der Waals surface area (Å²) in [6.45, 7) is 10.4. The van der Waals surface area contributed by atoms with E-state index >= 15 is 0 Å². The zero-order chi connectivity index (χ0) is 13.5. The molecular weight excluding hydrogens is 218 g/mol. The molecule has 0 saturated heterocycles. The summed E-state index contributed by atoms with van der Waals surface area (Å²) in [5.74, 6) is 0. The molecule has 0 unspecified atom stereocenters. The Labute approximate surface area is 111 Å². The topological polar surface area (TPSA) is 12.0 Å². The molecule has 0 bridgehead atoms. The van der Waals surface area contributed by atoms with Gasteiger partial charge in [-0.25, -0.2) is 0 Å². The predicted molar refractivity (Wildman–Crippen MR) is 81.7 cm³/mol. The molecule has 1 heteroatoms. The second kappa shape index (κ2) is 6.85. The van der Waals surface area contributed by atoms with E-state index in [1.54, 1.807) is 0 Å². The Morgan fingerprint density at radius 3 is 1.89 bits per heavy atom. The van der Waals surface area contributed by atoms with E-state index in [0.717, 1.165) is 0 Å². The van der Waals surface area contributed by atoms with Crippen molar-refractivity contribution in [3.8, 4) is 0 Å². The molecule has 0 aromatic heterocycles. The molecule has 96 valence electrons. The summed E-state index contributed by atoms with van der Waals surface area (Å²) in [6, 6.07) is 14.7. The molecule has 0 aliphatic heterocycles. The second-order valence-corrected chi connectivity index (χ2v) is 4.19. The standard InChI is InChI=1S/C15H17N.C2H6/c1-11-8-6-10-15(13(11)3)16-14-9-5-4-7-12(14)2;1-2/h4-10,16H,1-3H3;1-2H3. The van der Waals surface area contributed by atoms with Gasteiger partial charge < -0.3 is 5.32 Å². The number of hydrogen-bond acceptors (Lipinski definition) is 1. The molecule has 0 radical (unpaired) electrons. The average Bonchev–Trinajstić information content (AvgIpc) is 2.40. The van der Waals surface area contributed by atoms with Gasteiger partial charge in [0.2, 0.25) is 0 Å². The van der Waals surface area contributed by atoms with Crippen LogP contribution in [0.2, 0.25) is 0 Å². The predicted octanol–water partition coefficient (Wildman–Crippen LogP) is 5.38. The molecule has 0 spiro atoms. The number of benzene rings is 2. The van der Waals surface area contributed by atoms with Gasteiger partial charge in [-0.1, -0.05) is 44.2 Å². The van der Waals surface area contributed by atoms with Crippen LogP contribution in [0.1, 0.15) is 30.5 Å². The lowest BCUT2D eigenvalue weighted by Crippen LogP contribution is -1.96. The van der Waals surface area contributed by atoms with Crippen molar-refractivity contribution in [2.45, 2.75) is 34.6 Å². The molecule has 1 nitrogen and oxygen atoms in total. The summed E-state index contributed by atoms with van der Waals surface area (Å²) in [6.07, 6.45) is 0. The van der Waals surface area contributed by atoms with E-state index in [1.165, 1.54) is 28.1 Å². The maximum absolute atomic E-state index is 3.48. The maximum Gasteiger partial charge on any atom is 0.0416 e. The summed E-state index contributed by atoms with van der Waals surface area (Å²) in [5, 5.41) is 3.48. The Balaban J connectivity index is 0.000000771. The molecule has 2 rings (SSSR count).